The molecule has 0 spiro atoms. The fourth-order valence-electron chi connectivity index (χ4n) is 3.83. The van der Waals surface area contributed by atoms with Gasteiger partial charge in [0.25, 0.3) is 11.8 Å². The van der Waals surface area contributed by atoms with E-state index in [-0.39, 0.29) is 11.8 Å². The van der Waals surface area contributed by atoms with Gasteiger partial charge in [0.15, 0.2) is 0 Å². The summed E-state index contributed by atoms with van der Waals surface area (Å²) in [4.78, 5) is 28.2. The molecule has 1 aliphatic rings. The maximum atomic E-state index is 13.5. The van der Waals surface area contributed by atoms with E-state index in [0.717, 1.165) is 29.0 Å². The molecule has 0 aliphatic carbocycles. The van der Waals surface area contributed by atoms with Gasteiger partial charge in [-0.25, -0.2) is 0 Å². The summed E-state index contributed by atoms with van der Waals surface area (Å²) in [5.74, 6) is 0.155. The van der Waals surface area contributed by atoms with Gasteiger partial charge in [0.2, 0.25) is 0 Å². The molecule has 0 radical (unpaired) electrons. The summed E-state index contributed by atoms with van der Waals surface area (Å²) in [6, 6.07) is 25.0. The number of para-hydroxylation sites is 1. The summed E-state index contributed by atoms with van der Waals surface area (Å²) in [7, 11) is 0. The molecule has 0 bridgehead atoms. The van der Waals surface area contributed by atoms with E-state index in [1.54, 1.807) is 0 Å². The van der Waals surface area contributed by atoms with Crippen molar-refractivity contribution >= 4 is 23.1 Å². The summed E-state index contributed by atoms with van der Waals surface area (Å²) >= 11 is 0. The van der Waals surface area contributed by atoms with Gasteiger partial charge in [-0.15, -0.1) is 0 Å². The first-order valence-corrected chi connectivity index (χ1v) is 11.3. The molecule has 4 rings (SSSR count). The largest absolute Gasteiger partial charge is 0.494 e. The van der Waals surface area contributed by atoms with Gasteiger partial charge in [-0.05, 0) is 54.7 Å². The highest BCUT2D eigenvalue weighted by Gasteiger charge is 2.39. The first-order valence-electron chi connectivity index (χ1n) is 11.3. The van der Waals surface area contributed by atoms with E-state index in [0.29, 0.717) is 36.4 Å². The fraction of sp³-hybridized carbons (Fsp3) is 0.214. The van der Waals surface area contributed by atoms with Gasteiger partial charge in [-0.3, -0.25) is 14.5 Å². The lowest BCUT2D eigenvalue weighted by molar-refractivity contribution is -0.136. The zero-order valence-corrected chi connectivity index (χ0v) is 19.0. The summed E-state index contributed by atoms with van der Waals surface area (Å²) < 4.78 is 5.67. The number of aryl methyl sites for hydroxylation is 1. The molecule has 2 amide bonds. The minimum absolute atomic E-state index is 0.283. The molecule has 1 aliphatic heterocycles. The van der Waals surface area contributed by atoms with Crippen molar-refractivity contribution in [3.8, 4) is 5.75 Å². The molecule has 0 atom stereocenters. The van der Waals surface area contributed by atoms with Crippen LogP contribution in [0.25, 0.3) is 5.57 Å². The Labute approximate surface area is 194 Å². The van der Waals surface area contributed by atoms with Crippen molar-refractivity contribution in [2.75, 3.05) is 18.5 Å². The molecule has 0 saturated carbocycles. The third kappa shape index (κ3) is 4.98. The molecule has 168 valence electrons. The van der Waals surface area contributed by atoms with E-state index >= 15 is 0 Å². The molecule has 0 unspecified atom stereocenters. The van der Waals surface area contributed by atoms with Crippen molar-refractivity contribution in [3.05, 3.63) is 101 Å². The number of imide groups is 1. The van der Waals surface area contributed by atoms with Crippen molar-refractivity contribution in [2.45, 2.75) is 26.7 Å². The van der Waals surface area contributed by atoms with Crippen LogP contribution in [0.3, 0.4) is 0 Å². The zero-order valence-electron chi connectivity index (χ0n) is 19.0. The van der Waals surface area contributed by atoms with Crippen LogP contribution in [0.1, 0.15) is 30.0 Å². The van der Waals surface area contributed by atoms with Crippen LogP contribution in [-0.4, -0.2) is 29.9 Å². The zero-order chi connectivity index (χ0) is 23.2. The van der Waals surface area contributed by atoms with Gasteiger partial charge in [0.05, 0.1) is 12.2 Å². The second-order valence-electron chi connectivity index (χ2n) is 8.06. The molecule has 0 fully saturated rings. The van der Waals surface area contributed by atoms with Crippen molar-refractivity contribution in [1.29, 1.82) is 0 Å². The topological polar surface area (TPSA) is 58.6 Å². The summed E-state index contributed by atoms with van der Waals surface area (Å²) in [5, 5.41) is 3.25. The van der Waals surface area contributed by atoms with Crippen molar-refractivity contribution in [3.63, 3.8) is 0 Å². The third-order valence-electron chi connectivity index (χ3n) is 5.66. The third-order valence-corrected chi connectivity index (χ3v) is 5.66. The van der Waals surface area contributed by atoms with Crippen LogP contribution in [0.4, 0.5) is 5.69 Å². The van der Waals surface area contributed by atoms with Crippen LogP contribution in [0.15, 0.2) is 84.6 Å². The number of ether oxygens (including phenoxy) is 1. The quantitative estimate of drug-likeness (QED) is 0.464. The number of benzene rings is 3. The Hall–Kier alpha value is -3.86. The highest BCUT2D eigenvalue weighted by molar-refractivity contribution is 6.36. The molecule has 5 nitrogen and oxygen atoms in total. The normalized spacial score (nSPS) is 13.6. The predicted molar refractivity (Wildman–Crippen MR) is 131 cm³/mol. The molecule has 33 heavy (non-hydrogen) atoms. The summed E-state index contributed by atoms with van der Waals surface area (Å²) in [5.41, 5.74) is 4.27. The van der Waals surface area contributed by atoms with Crippen LogP contribution in [0.5, 0.6) is 5.75 Å². The van der Waals surface area contributed by atoms with E-state index in [9.17, 15) is 9.59 Å². The maximum Gasteiger partial charge on any atom is 0.278 e. The average molecular weight is 441 g/mol. The number of rotatable bonds is 9. The molecular weight excluding hydrogens is 412 g/mol. The number of anilines is 1. The van der Waals surface area contributed by atoms with E-state index in [2.05, 4.69) is 12.2 Å². The number of hydrogen-bond donors (Lipinski definition) is 1. The number of nitrogens with zero attached hydrogens (tertiary/aromatic N) is 1. The smallest absolute Gasteiger partial charge is 0.278 e. The molecule has 0 aromatic heterocycles. The molecule has 1 heterocycles. The first kappa shape index (κ1) is 22.3. The lowest BCUT2D eigenvalue weighted by atomic mass is 10.0. The minimum Gasteiger partial charge on any atom is -0.494 e. The Morgan fingerprint density at radius 1 is 0.848 bits per heavy atom. The van der Waals surface area contributed by atoms with Gasteiger partial charge >= 0.3 is 0 Å². The Morgan fingerprint density at radius 3 is 2.24 bits per heavy atom. The van der Waals surface area contributed by atoms with E-state index in [1.807, 2.05) is 85.8 Å². The number of carbonyl (C=O) groups excluding carboxylic acids is 2. The highest BCUT2D eigenvalue weighted by Crippen LogP contribution is 2.32. The molecule has 3 aromatic carbocycles. The average Bonchev–Trinajstić information content (AvgIpc) is 3.07. The van der Waals surface area contributed by atoms with E-state index in [4.69, 9.17) is 4.74 Å². The standard InChI is InChI=1S/C28H28N2O3/c1-3-19-33-23-15-13-22(14-16-23)25-26(29-24-12-8-7-9-20(24)2)28(32)30(27(25)31)18-17-21-10-5-4-6-11-21/h4-16,29H,3,17-19H2,1-2H3. The summed E-state index contributed by atoms with van der Waals surface area (Å²) in [6.07, 6.45) is 1.52. The molecule has 5 heteroatoms. The number of hydrogen-bond acceptors (Lipinski definition) is 4. The van der Waals surface area contributed by atoms with Gasteiger partial charge in [0, 0.05) is 12.2 Å². The number of carbonyl (C=O) groups is 2. The molecule has 0 saturated heterocycles. The molecule has 1 N–H and O–H groups in total. The predicted octanol–water partition coefficient (Wildman–Crippen LogP) is 5.22. The van der Waals surface area contributed by atoms with Gasteiger partial charge in [-0.1, -0.05) is 67.6 Å². The van der Waals surface area contributed by atoms with Gasteiger partial charge in [0.1, 0.15) is 11.4 Å². The molecule has 3 aromatic rings. The Kier molecular flexibility index (Phi) is 6.89. The van der Waals surface area contributed by atoms with Crippen molar-refractivity contribution in [2.24, 2.45) is 0 Å². The van der Waals surface area contributed by atoms with Crippen molar-refractivity contribution in [1.82, 2.24) is 4.90 Å². The van der Waals surface area contributed by atoms with E-state index < -0.39 is 0 Å². The Balaban J connectivity index is 1.65. The van der Waals surface area contributed by atoms with Crippen LogP contribution < -0.4 is 10.1 Å². The first-order chi connectivity index (χ1) is 16.1. The van der Waals surface area contributed by atoms with Crippen LogP contribution in [0, 0.1) is 6.92 Å². The van der Waals surface area contributed by atoms with Gasteiger partial charge < -0.3 is 10.1 Å². The fourth-order valence-corrected chi connectivity index (χ4v) is 3.83. The SMILES string of the molecule is CCCOc1ccc(C2=C(Nc3ccccc3C)C(=O)N(CCc3ccccc3)C2=O)cc1. The van der Waals surface area contributed by atoms with E-state index in [1.165, 1.54) is 4.90 Å². The second-order valence-corrected chi connectivity index (χ2v) is 8.06. The maximum absolute atomic E-state index is 13.5. The summed E-state index contributed by atoms with van der Waals surface area (Å²) in [6.45, 7) is 4.97. The minimum atomic E-state index is -0.305. The van der Waals surface area contributed by atoms with Crippen LogP contribution >= 0.6 is 0 Å². The van der Waals surface area contributed by atoms with Gasteiger partial charge in [-0.2, -0.15) is 0 Å². The Bertz CT molecular complexity index is 1170. The highest BCUT2D eigenvalue weighted by atomic mass is 16.5. The molecular formula is C28H28N2O3. The lowest BCUT2D eigenvalue weighted by Gasteiger charge is -2.15. The lowest BCUT2D eigenvalue weighted by Crippen LogP contribution is -2.34. The van der Waals surface area contributed by atoms with Crippen LogP contribution in [-0.2, 0) is 16.0 Å². The second kappa shape index (κ2) is 10.2. The number of amides is 2. The van der Waals surface area contributed by atoms with Crippen LogP contribution in [0.2, 0.25) is 0 Å². The Morgan fingerprint density at radius 2 is 1.55 bits per heavy atom. The van der Waals surface area contributed by atoms with Crippen molar-refractivity contribution < 1.29 is 14.3 Å². The monoisotopic (exact) mass is 440 g/mol. The number of nitrogens with one attached hydrogen (secondary N) is 1.